The molecule has 0 bridgehead atoms. The second-order valence-corrected chi connectivity index (χ2v) is 8.63. The molecule has 1 aliphatic rings. The number of nitrogens with zero attached hydrogens (tertiary/aromatic N) is 2. The molecule has 0 atom stereocenters. The number of aromatic nitrogens is 2. The number of rotatable bonds is 11. The number of unbranched alkanes of at least 4 members (excludes halogenated alkanes) is 4. The van der Waals surface area contributed by atoms with E-state index >= 15 is 0 Å². The van der Waals surface area contributed by atoms with E-state index in [1.807, 2.05) is 12.1 Å². The number of hydrogen-bond donors (Lipinski definition) is 0. The Morgan fingerprint density at radius 2 is 1.52 bits per heavy atom. The maximum atomic E-state index is 5.74. The highest BCUT2D eigenvalue weighted by Gasteiger charge is 2.22. The summed E-state index contributed by atoms with van der Waals surface area (Å²) in [5, 5.41) is 0. The van der Waals surface area contributed by atoms with Gasteiger partial charge in [0.2, 0.25) is 0 Å². The van der Waals surface area contributed by atoms with Gasteiger partial charge in [0, 0.05) is 18.0 Å². The van der Waals surface area contributed by atoms with Crippen molar-refractivity contribution < 1.29 is 4.74 Å². The Labute approximate surface area is 177 Å². The fourth-order valence-corrected chi connectivity index (χ4v) is 4.38. The molecule has 3 heteroatoms. The van der Waals surface area contributed by atoms with Crippen LogP contribution in [-0.2, 0) is 0 Å². The predicted octanol–water partition coefficient (Wildman–Crippen LogP) is 7.57. The second-order valence-electron chi connectivity index (χ2n) is 8.63. The molecule has 1 aliphatic carbocycles. The molecule has 3 nitrogen and oxygen atoms in total. The molecule has 1 aromatic carbocycles. The molecule has 3 rings (SSSR count). The summed E-state index contributed by atoms with van der Waals surface area (Å²) in [6, 6.07) is 8.15. The van der Waals surface area contributed by atoms with Gasteiger partial charge in [-0.15, -0.1) is 0 Å². The largest absolute Gasteiger partial charge is 0.494 e. The van der Waals surface area contributed by atoms with E-state index in [2.05, 4.69) is 48.3 Å². The zero-order valence-corrected chi connectivity index (χ0v) is 18.4. The molecule has 0 aliphatic heterocycles. The van der Waals surface area contributed by atoms with Gasteiger partial charge in [0.1, 0.15) is 5.75 Å². The second kappa shape index (κ2) is 11.9. The van der Waals surface area contributed by atoms with Gasteiger partial charge in [-0.25, -0.2) is 9.97 Å². The third-order valence-corrected chi connectivity index (χ3v) is 6.34. The van der Waals surface area contributed by atoms with Crippen LogP contribution in [0.25, 0.3) is 11.4 Å². The Bertz CT molecular complexity index is 688. The van der Waals surface area contributed by atoms with E-state index in [1.165, 1.54) is 63.4 Å². The predicted molar refractivity (Wildman–Crippen MR) is 121 cm³/mol. The van der Waals surface area contributed by atoms with Gasteiger partial charge in [0.05, 0.1) is 6.61 Å². The standard InChI is InChI=1S/C26H38N2O/c1-3-5-7-8-9-21-10-12-22(13-11-21)24-19-27-26(28-20-24)23-14-16-25(17-15-23)29-18-6-4-2/h14-17,19-22H,3-13,18H2,1-2H3/t21-,22-. The fourth-order valence-electron chi connectivity index (χ4n) is 4.38. The highest BCUT2D eigenvalue weighted by Crippen LogP contribution is 2.37. The first kappa shape index (κ1) is 21.8. The maximum Gasteiger partial charge on any atom is 0.159 e. The first-order chi connectivity index (χ1) is 14.3. The van der Waals surface area contributed by atoms with E-state index in [9.17, 15) is 0 Å². The fraction of sp³-hybridized carbons (Fsp3) is 0.615. The molecule has 2 aromatic rings. The summed E-state index contributed by atoms with van der Waals surface area (Å²) in [5.41, 5.74) is 2.37. The van der Waals surface area contributed by atoms with Crippen molar-refractivity contribution in [2.45, 2.75) is 90.4 Å². The summed E-state index contributed by atoms with van der Waals surface area (Å²) >= 11 is 0. The lowest BCUT2D eigenvalue weighted by Gasteiger charge is -2.28. The lowest BCUT2D eigenvalue weighted by molar-refractivity contribution is 0.301. The van der Waals surface area contributed by atoms with Crippen molar-refractivity contribution in [2.75, 3.05) is 6.61 Å². The van der Waals surface area contributed by atoms with E-state index in [-0.39, 0.29) is 0 Å². The third-order valence-electron chi connectivity index (χ3n) is 6.34. The highest BCUT2D eigenvalue weighted by atomic mass is 16.5. The minimum Gasteiger partial charge on any atom is -0.494 e. The molecule has 0 spiro atoms. The van der Waals surface area contributed by atoms with Gasteiger partial charge in [-0.1, -0.05) is 52.4 Å². The van der Waals surface area contributed by atoms with Crippen LogP contribution in [0.5, 0.6) is 5.75 Å². The van der Waals surface area contributed by atoms with Crippen LogP contribution >= 0.6 is 0 Å². The summed E-state index contributed by atoms with van der Waals surface area (Å²) < 4.78 is 5.74. The average Bonchev–Trinajstić information content (AvgIpc) is 2.78. The minimum atomic E-state index is 0.644. The molecule has 0 saturated heterocycles. The van der Waals surface area contributed by atoms with Crippen LogP contribution in [0.1, 0.15) is 96.0 Å². The summed E-state index contributed by atoms with van der Waals surface area (Å²) in [5.74, 6) is 3.32. The Hall–Kier alpha value is -1.90. The molecule has 1 aromatic heterocycles. The molecular weight excluding hydrogens is 356 g/mol. The van der Waals surface area contributed by atoms with Crippen LogP contribution in [0.4, 0.5) is 0 Å². The minimum absolute atomic E-state index is 0.644. The van der Waals surface area contributed by atoms with Gasteiger partial charge in [0.15, 0.2) is 5.82 Å². The van der Waals surface area contributed by atoms with Crippen LogP contribution in [-0.4, -0.2) is 16.6 Å². The first-order valence-electron chi connectivity index (χ1n) is 11.8. The van der Waals surface area contributed by atoms with E-state index in [0.29, 0.717) is 5.92 Å². The van der Waals surface area contributed by atoms with E-state index < -0.39 is 0 Å². The molecule has 0 N–H and O–H groups in total. The molecular formula is C26H38N2O. The van der Waals surface area contributed by atoms with Crippen molar-refractivity contribution in [3.05, 3.63) is 42.2 Å². The zero-order valence-electron chi connectivity index (χ0n) is 18.4. The summed E-state index contributed by atoms with van der Waals surface area (Å²) in [7, 11) is 0. The van der Waals surface area contributed by atoms with Crippen molar-refractivity contribution >= 4 is 0 Å². The van der Waals surface area contributed by atoms with E-state index in [1.54, 1.807) is 0 Å². The lowest BCUT2D eigenvalue weighted by atomic mass is 9.77. The Morgan fingerprint density at radius 1 is 0.828 bits per heavy atom. The van der Waals surface area contributed by atoms with Crippen LogP contribution in [0.3, 0.4) is 0 Å². The third kappa shape index (κ3) is 6.83. The molecule has 158 valence electrons. The van der Waals surface area contributed by atoms with E-state index in [0.717, 1.165) is 42.5 Å². The Kier molecular flexibility index (Phi) is 8.98. The highest BCUT2D eigenvalue weighted by molar-refractivity contribution is 5.56. The van der Waals surface area contributed by atoms with Crippen LogP contribution in [0.2, 0.25) is 0 Å². The van der Waals surface area contributed by atoms with Crippen molar-refractivity contribution in [3.8, 4) is 17.1 Å². The monoisotopic (exact) mass is 394 g/mol. The summed E-state index contributed by atoms with van der Waals surface area (Å²) in [6.07, 6.45) is 18.7. The molecule has 29 heavy (non-hydrogen) atoms. The quantitative estimate of drug-likeness (QED) is 0.369. The van der Waals surface area contributed by atoms with Gasteiger partial charge in [-0.3, -0.25) is 0 Å². The average molecular weight is 395 g/mol. The summed E-state index contributed by atoms with van der Waals surface area (Å²) in [6.45, 7) is 5.24. The van der Waals surface area contributed by atoms with Gasteiger partial charge in [-0.2, -0.15) is 0 Å². The Morgan fingerprint density at radius 3 is 2.17 bits per heavy atom. The molecule has 0 radical (unpaired) electrons. The lowest BCUT2D eigenvalue weighted by Crippen LogP contribution is -2.14. The number of hydrogen-bond acceptors (Lipinski definition) is 3. The molecule has 1 fully saturated rings. The van der Waals surface area contributed by atoms with Gasteiger partial charge in [0.25, 0.3) is 0 Å². The van der Waals surface area contributed by atoms with Crippen LogP contribution in [0.15, 0.2) is 36.7 Å². The molecule has 1 heterocycles. The molecule has 0 amide bonds. The Balaban J connectivity index is 1.48. The first-order valence-corrected chi connectivity index (χ1v) is 11.8. The van der Waals surface area contributed by atoms with Crippen LogP contribution in [0, 0.1) is 5.92 Å². The van der Waals surface area contributed by atoms with Crippen molar-refractivity contribution in [1.82, 2.24) is 9.97 Å². The maximum absolute atomic E-state index is 5.74. The molecule has 0 unspecified atom stereocenters. The number of benzene rings is 1. The molecule has 1 saturated carbocycles. The summed E-state index contributed by atoms with van der Waals surface area (Å²) in [4.78, 5) is 9.33. The van der Waals surface area contributed by atoms with Gasteiger partial charge < -0.3 is 4.74 Å². The van der Waals surface area contributed by atoms with Gasteiger partial charge >= 0.3 is 0 Å². The van der Waals surface area contributed by atoms with Crippen molar-refractivity contribution in [2.24, 2.45) is 5.92 Å². The zero-order chi connectivity index (χ0) is 20.3. The van der Waals surface area contributed by atoms with E-state index in [4.69, 9.17) is 4.74 Å². The van der Waals surface area contributed by atoms with Gasteiger partial charge in [-0.05, 0) is 73.8 Å². The topological polar surface area (TPSA) is 35.0 Å². The normalized spacial score (nSPS) is 19.2. The van der Waals surface area contributed by atoms with Crippen LogP contribution < -0.4 is 4.74 Å². The smallest absolute Gasteiger partial charge is 0.159 e. The SMILES string of the molecule is CCCCCC[C@H]1CC[C@H](c2cnc(-c3ccc(OCCCC)cc3)nc2)CC1. The van der Waals surface area contributed by atoms with Crippen molar-refractivity contribution in [1.29, 1.82) is 0 Å². The number of ether oxygens (including phenoxy) is 1. The van der Waals surface area contributed by atoms with Crippen molar-refractivity contribution in [3.63, 3.8) is 0 Å².